The molecule has 8 nitrogen and oxygen atoms in total. The molecule has 0 bridgehead atoms. The number of morpholine rings is 1. The first-order chi connectivity index (χ1) is 12.6. The van der Waals surface area contributed by atoms with Gasteiger partial charge >= 0.3 is 0 Å². The third-order valence-corrected chi connectivity index (χ3v) is 4.50. The van der Waals surface area contributed by atoms with Crippen LogP contribution in [-0.4, -0.2) is 69.9 Å². The van der Waals surface area contributed by atoms with Gasteiger partial charge in [-0.2, -0.15) is 0 Å². The van der Waals surface area contributed by atoms with Crippen molar-refractivity contribution in [3.63, 3.8) is 0 Å². The molecule has 26 heavy (non-hydrogen) atoms. The first-order valence-electron chi connectivity index (χ1n) is 8.69. The Kier molecular flexibility index (Phi) is 5.95. The fraction of sp³-hybridized carbons (Fsp3) is 0.556. The lowest BCUT2D eigenvalue weighted by Gasteiger charge is -2.27. The Bertz CT molecular complexity index is 666. The van der Waals surface area contributed by atoms with Crippen molar-refractivity contribution in [3.8, 4) is 11.5 Å². The Hall–Kier alpha value is -2.32. The van der Waals surface area contributed by atoms with Crippen molar-refractivity contribution < 1.29 is 28.5 Å². The van der Waals surface area contributed by atoms with Gasteiger partial charge in [0.1, 0.15) is 6.10 Å². The molecule has 2 aliphatic heterocycles. The number of nitrogens with one attached hydrogen (secondary N) is 1. The summed E-state index contributed by atoms with van der Waals surface area (Å²) in [5.74, 6) is 0.368. The van der Waals surface area contributed by atoms with Crippen LogP contribution in [0.1, 0.15) is 23.2 Å². The van der Waals surface area contributed by atoms with Crippen LogP contribution in [0, 0.1) is 0 Å². The van der Waals surface area contributed by atoms with Gasteiger partial charge in [0.05, 0.1) is 33.1 Å². The number of ether oxygens (including phenoxy) is 4. The molecular weight excluding hydrogens is 340 g/mol. The van der Waals surface area contributed by atoms with Gasteiger partial charge in [-0.15, -0.1) is 0 Å². The first kappa shape index (κ1) is 18.5. The Balaban J connectivity index is 1.88. The Morgan fingerprint density at radius 1 is 1.15 bits per heavy atom. The lowest BCUT2D eigenvalue weighted by molar-refractivity contribution is -0.124. The van der Waals surface area contributed by atoms with Gasteiger partial charge in [-0.1, -0.05) is 0 Å². The second-order valence-electron chi connectivity index (χ2n) is 6.15. The summed E-state index contributed by atoms with van der Waals surface area (Å²) >= 11 is 0. The third kappa shape index (κ3) is 3.91. The average Bonchev–Trinajstić information content (AvgIpc) is 3.22. The van der Waals surface area contributed by atoms with Crippen molar-refractivity contribution in [1.82, 2.24) is 4.90 Å². The van der Waals surface area contributed by atoms with Crippen LogP contribution in [0.3, 0.4) is 0 Å². The van der Waals surface area contributed by atoms with Crippen LogP contribution in [-0.2, 0) is 14.3 Å². The van der Waals surface area contributed by atoms with Crippen LogP contribution in [0.15, 0.2) is 12.1 Å². The highest BCUT2D eigenvalue weighted by Crippen LogP contribution is 2.37. The molecule has 1 aromatic carbocycles. The fourth-order valence-corrected chi connectivity index (χ4v) is 3.13. The van der Waals surface area contributed by atoms with E-state index in [0.717, 1.165) is 6.42 Å². The van der Waals surface area contributed by atoms with Gasteiger partial charge in [-0.25, -0.2) is 0 Å². The molecule has 0 saturated carbocycles. The van der Waals surface area contributed by atoms with E-state index in [9.17, 15) is 9.59 Å². The number of carbonyl (C=O) groups excluding carboxylic acids is 2. The SMILES string of the molecule is COc1cc(C(=O)N2CCOCC2)cc(NC(=O)[C@H]2CCCO2)c1OC. The molecule has 3 rings (SSSR count). The largest absolute Gasteiger partial charge is 0.493 e. The van der Waals surface area contributed by atoms with Crippen LogP contribution in [0.2, 0.25) is 0 Å². The molecule has 0 radical (unpaired) electrons. The number of carbonyl (C=O) groups is 2. The summed E-state index contributed by atoms with van der Waals surface area (Å²) < 4.78 is 21.5. The number of nitrogens with zero attached hydrogens (tertiary/aromatic N) is 1. The average molecular weight is 364 g/mol. The monoisotopic (exact) mass is 364 g/mol. The van der Waals surface area contributed by atoms with E-state index in [2.05, 4.69) is 5.32 Å². The molecule has 0 unspecified atom stereocenters. The van der Waals surface area contributed by atoms with Gasteiger partial charge in [-0.05, 0) is 25.0 Å². The molecule has 0 spiro atoms. The second kappa shape index (κ2) is 8.37. The van der Waals surface area contributed by atoms with Crippen LogP contribution < -0.4 is 14.8 Å². The summed E-state index contributed by atoms with van der Waals surface area (Å²) in [5.41, 5.74) is 0.816. The number of methoxy groups -OCH3 is 2. The lowest BCUT2D eigenvalue weighted by atomic mass is 10.1. The molecule has 1 atom stereocenters. The number of rotatable bonds is 5. The summed E-state index contributed by atoms with van der Waals surface area (Å²) in [7, 11) is 2.98. The van der Waals surface area contributed by atoms with Crippen molar-refractivity contribution in [3.05, 3.63) is 17.7 Å². The molecule has 1 aromatic rings. The topological polar surface area (TPSA) is 86.3 Å². The zero-order valence-electron chi connectivity index (χ0n) is 15.1. The van der Waals surface area contributed by atoms with Gasteiger partial charge in [-0.3, -0.25) is 9.59 Å². The van der Waals surface area contributed by atoms with Gasteiger partial charge in [0, 0.05) is 25.3 Å². The van der Waals surface area contributed by atoms with Crippen LogP contribution >= 0.6 is 0 Å². The maximum atomic E-state index is 12.8. The zero-order chi connectivity index (χ0) is 18.5. The van der Waals surface area contributed by atoms with Gasteiger partial charge in [0.15, 0.2) is 11.5 Å². The highest BCUT2D eigenvalue weighted by atomic mass is 16.5. The second-order valence-corrected chi connectivity index (χ2v) is 6.15. The van der Waals surface area contributed by atoms with E-state index in [0.29, 0.717) is 62.1 Å². The number of amides is 2. The Morgan fingerprint density at radius 2 is 1.92 bits per heavy atom. The minimum absolute atomic E-state index is 0.137. The normalized spacial score (nSPS) is 19.9. The van der Waals surface area contributed by atoms with E-state index in [4.69, 9.17) is 18.9 Å². The molecule has 2 fully saturated rings. The Labute approximate surface area is 152 Å². The quantitative estimate of drug-likeness (QED) is 0.847. The van der Waals surface area contributed by atoms with E-state index in [1.54, 1.807) is 17.0 Å². The van der Waals surface area contributed by atoms with Gasteiger partial charge < -0.3 is 29.2 Å². The van der Waals surface area contributed by atoms with Gasteiger partial charge in [0.25, 0.3) is 11.8 Å². The highest BCUT2D eigenvalue weighted by Gasteiger charge is 2.27. The molecular formula is C18H24N2O6. The fourth-order valence-electron chi connectivity index (χ4n) is 3.13. The van der Waals surface area contributed by atoms with Crippen LogP contribution in [0.4, 0.5) is 5.69 Å². The minimum atomic E-state index is -0.482. The third-order valence-electron chi connectivity index (χ3n) is 4.50. The Morgan fingerprint density at radius 3 is 2.54 bits per heavy atom. The van der Waals surface area contributed by atoms with E-state index in [-0.39, 0.29) is 11.8 Å². The number of hydrogen-bond acceptors (Lipinski definition) is 6. The maximum absolute atomic E-state index is 12.8. The molecule has 2 saturated heterocycles. The van der Waals surface area contributed by atoms with Gasteiger partial charge in [0.2, 0.25) is 0 Å². The molecule has 142 valence electrons. The van der Waals surface area contributed by atoms with Crippen LogP contribution in [0.5, 0.6) is 11.5 Å². The highest BCUT2D eigenvalue weighted by molar-refractivity contribution is 6.00. The van der Waals surface area contributed by atoms with Crippen molar-refractivity contribution in [2.45, 2.75) is 18.9 Å². The van der Waals surface area contributed by atoms with Crippen LogP contribution in [0.25, 0.3) is 0 Å². The van der Waals surface area contributed by atoms with Crippen molar-refractivity contribution in [2.24, 2.45) is 0 Å². The lowest BCUT2D eigenvalue weighted by Crippen LogP contribution is -2.40. The molecule has 8 heteroatoms. The summed E-state index contributed by atoms with van der Waals surface area (Å²) in [5, 5.41) is 2.81. The van der Waals surface area contributed by atoms with Crippen molar-refractivity contribution in [2.75, 3.05) is 52.4 Å². The molecule has 2 amide bonds. The number of benzene rings is 1. The molecule has 0 aliphatic carbocycles. The molecule has 2 aliphatic rings. The smallest absolute Gasteiger partial charge is 0.254 e. The van der Waals surface area contributed by atoms with E-state index >= 15 is 0 Å². The number of hydrogen-bond donors (Lipinski definition) is 1. The predicted octanol–water partition coefficient (Wildman–Crippen LogP) is 1.29. The summed E-state index contributed by atoms with van der Waals surface area (Å²) in [6.07, 6.45) is 1.05. The molecule has 2 heterocycles. The molecule has 0 aromatic heterocycles. The number of anilines is 1. The van der Waals surface area contributed by atoms with E-state index < -0.39 is 6.10 Å². The summed E-state index contributed by atoms with van der Waals surface area (Å²) in [4.78, 5) is 26.9. The van der Waals surface area contributed by atoms with Crippen molar-refractivity contribution in [1.29, 1.82) is 0 Å². The first-order valence-corrected chi connectivity index (χ1v) is 8.69. The molecule has 1 N–H and O–H groups in total. The standard InChI is InChI=1S/C18H24N2O6/c1-23-15-11-12(18(22)20-5-8-25-9-6-20)10-13(16(15)24-2)19-17(21)14-4-3-7-26-14/h10-11,14H,3-9H2,1-2H3,(H,19,21)/t14-/m1/s1. The predicted molar refractivity (Wildman–Crippen MR) is 93.9 cm³/mol. The van der Waals surface area contributed by atoms with E-state index in [1.807, 2.05) is 0 Å². The summed E-state index contributed by atoms with van der Waals surface area (Å²) in [6.45, 7) is 2.67. The minimum Gasteiger partial charge on any atom is -0.493 e. The summed E-state index contributed by atoms with van der Waals surface area (Å²) in [6, 6.07) is 3.24. The van der Waals surface area contributed by atoms with Crippen molar-refractivity contribution >= 4 is 17.5 Å². The zero-order valence-corrected chi connectivity index (χ0v) is 15.1. The van der Waals surface area contributed by atoms with E-state index in [1.165, 1.54) is 14.2 Å². The maximum Gasteiger partial charge on any atom is 0.254 e.